The highest BCUT2D eigenvalue weighted by molar-refractivity contribution is 7.99. The van der Waals surface area contributed by atoms with E-state index < -0.39 is 15.7 Å². The van der Waals surface area contributed by atoms with Gasteiger partial charge >= 0.3 is 6.03 Å². The molecule has 0 fully saturated rings. The number of urea groups is 1. The Balaban J connectivity index is 1.46. The predicted molar refractivity (Wildman–Crippen MR) is 152 cm³/mol. The van der Waals surface area contributed by atoms with Crippen molar-refractivity contribution in [2.24, 2.45) is 0 Å². The number of carbonyl (C=O) groups is 1. The van der Waals surface area contributed by atoms with E-state index in [0.717, 1.165) is 16.0 Å². The minimum atomic E-state index is -3.08. The van der Waals surface area contributed by atoms with Gasteiger partial charge in [0.15, 0.2) is 0 Å². The van der Waals surface area contributed by atoms with Gasteiger partial charge in [-0.2, -0.15) is 4.98 Å². The summed E-state index contributed by atoms with van der Waals surface area (Å²) in [5, 5.41) is 20.5. The number of rotatable bonds is 9. The molecule has 4 aromatic rings. The van der Waals surface area contributed by atoms with Crippen LogP contribution in [0.5, 0.6) is 0 Å². The van der Waals surface area contributed by atoms with E-state index in [9.17, 15) is 14.1 Å². The number of aromatic nitrogens is 2. The monoisotopic (exact) mass is 536 g/mol. The van der Waals surface area contributed by atoms with Gasteiger partial charge in [0, 0.05) is 33.4 Å². The summed E-state index contributed by atoms with van der Waals surface area (Å²) in [6.45, 7) is 3.77. The van der Waals surface area contributed by atoms with Crippen LogP contribution in [0.2, 0.25) is 0 Å². The highest BCUT2D eigenvalue weighted by atomic mass is 32.2. The van der Waals surface area contributed by atoms with Crippen LogP contribution in [-0.2, 0) is 9.71 Å². The Hall–Kier alpha value is -3.93. The number of hydrogen-bond donors (Lipinski definition) is 5. The Morgan fingerprint density at radius 3 is 2.46 bits per heavy atom. The number of thiophene rings is 1. The van der Waals surface area contributed by atoms with E-state index in [2.05, 4.69) is 36.5 Å². The molecule has 0 aliphatic carbocycles. The number of nitrogens with zero attached hydrogens (tertiary/aromatic N) is 2. The summed E-state index contributed by atoms with van der Waals surface area (Å²) < 4.78 is 15.5. The number of amides is 2. The lowest BCUT2D eigenvalue weighted by atomic mass is 10.2. The van der Waals surface area contributed by atoms with E-state index in [4.69, 9.17) is 0 Å². The van der Waals surface area contributed by atoms with Gasteiger partial charge in [0.25, 0.3) is 0 Å². The number of hydrogen-bond acceptors (Lipinski definition) is 8. The third-order valence-corrected chi connectivity index (χ3v) is 7.74. The number of carbonyl (C=O) groups excluding carboxylic acids is 1. The molecule has 4 rings (SSSR count). The number of aliphatic hydroxyl groups is 1. The van der Waals surface area contributed by atoms with Gasteiger partial charge in [0.2, 0.25) is 5.95 Å². The molecule has 11 heteroatoms. The largest absolute Gasteiger partial charge is 0.394 e. The molecule has 0 spiro atoms. The Bertz CT molecular complexity index is 1460. The lowest BCUT2D eigenvalue weighted by Crippen LogP contribution is -2.34. The van der Waals surface area contributed by atoms with Crippen LogP contribution in [0.25, 0.3) is 10.4 Å². The lowest BCUT2D eigenvalue weighted by Gasteiger charge is -2.16. The molecule has 0 aliphatic heterocycles. The second kappa shape index (κ2) is 11.4. The van der Waals surface area contributed by atoms with E-state index >= 15 is 0 Å². The van der Waals surface area contributed by atoms with Gasteiger partial charge in [0.05, 0.1) is 21.9 Å². The third kappa shape index (κ3) is 6.85. The second-order valence-electron chi connectivity index (χ2n) is 8.41. The van der Waals surface area contributed by atoms with Crippen molar-refractivity contribution in [2.45, 2.75) is 24.8 Å². The van der Waals surface area contributed by atoms with Crippen molar-refractivity contribution in [3.63, 3.8) is 0 Å². The smallest absolute Gasteiger partial charge is 0.330 e. The molecule has 2 heterocycles. The fraction of sp³-hybridized carbons (Fsp3) is 0.154. The zero-order chi connectivity index (χ0) is 26.4. The van der Waals surface area contributed by atoms with Crippen molar-refractivity contribution in [3.8, 4) is 10.4 Å². The third-order valence-electron chi connectivity index (χ3n) is 5.29. The maximum absolute atomic E-state index is 13.1. The molecule has 192 valence electrons. The molecule has 2 aromatic carbocycles. The number of anilines is 4. The fourth-order valence-electron chi connectivity index (χ4n) is 3.33. The Kier molecular flexibility index (Phi) is 8.07. The van der Waals surface area contributed by atoms with Crippen LogP contribution in [0.3, 0.4) is 0 Å². The summed E-state index contributed by atoms with van der Waals surface area (Å²) in [5.41, 5.74) is 3.15. The van der Waals surface area contributed by atoms with Gasteiger partial charge in [-0.25, -0.2) is 14.0 Å². The van der Waals surface area contributed by atoms with Crippen molar-refractivity contribution >= 4 is 56.1 Å². The van der Waals surface area contributed by atoms with Crippen LogP contribution in [-0.4, -0.2) is 43.8 Å². The molecule has 5 N–H and O–H groups in total. The highest BCUT2D eigenvalue weighted by Crippen LogP contribution is 2.31. The molecular weight excluding hydrogens is 508 g/mol. The van der Waals surface area contributed by atoms with Crippen molar-refractivity contribution < 1.29 is 14.1 Å². The number of nitrogens with one attached hydrogen (secondary N) is 4. The summed E-state index contributed by atoms with van der Waals surface area (Å²) in [7, 11) is -3.08. The lowest BCUT2D eigenvalue weighted by molar-refractivity contribution is 0.257. The molecule has 1 unspecified atom stereocenters. The van der Waals surface area contributed by atoms with Gasteiger partial charge in [-0.1, -0.05) is 23.8 Å². The van der Waals surface area contributed by atoms with Crippen molar-refractivity contribution in [2.75, 3.05) is 22.6 Å². The molecule has 0 saturated carbocycles. The van der Waals surface area contributed by atoms with Crippen molar-refractivity contribution in [1.29, 1.82) is 0 Å². The quantitative estimate of drug-likeness (QED) is 0.193. The summed E-state index contributed by atoms with van der Waals surface area (Å²) >= 11 is 1.57. The van der Waals surface area contributed by atoms with Crippen LogP contribution >= 0.6 is 11.3 Å². The van der Waals surface area contributed by atoms with Crippen LogP contribution < -0.4 is 20.7 Å². The first kappa shape index (κ1) is 26.1. The molecule has 0 saturated heterocycles. The van der Waals surface area contributed by atoms with Gasteiger partial charge in [-0.05, 0) is 67.6 Å². The van der Waals surface area contributed by atoms with Crippen LogP contribution in [0, 0.1) is 6.92 Å². The maximum atomic E-state index is 13.1. The molecule has 2 amide bonds. The van der Waals surface area contributed by atoms with E-state index in [1.807, 2.05) is 43.5 Å². The van der Waals surface area contributed by atoms with E-state index in [0.29, 0.717) is 28.0 Å². The SMILES string of the molecule is C=S(=O)(NC(=O)Nc1ccc(C)cc1)c1ccc(Nc2ncc(-c3cccs3)c(N[C@H](C)CO)n2)cc1. The average Bonchev–Trinajstić information content (AvgIpc) is 3.40. The summed E-state index contributed by atoms with van der Waals surface area (Å²) in [6.07, 6.45) is 1.72. The van der Waals surface area contributed by atoms with Gasteiger partial charge in [0.1, 0.15) is 5.82 Å². The van der Waals surface area contributed by atoms with Crippen LogP contribution in [0.4, 0.5) is 27.9 Å². The summed E-state index contributed by atoms with van der Waals surface area (Å²) in [6, 6.07) is 17.1. The molecular formula is C26H28N6O3S2. The standard InChI is InChI=1S/C26H28N6O3S2/c1-17-6-8-20(9-7-17)30-26(34)32-37(3,35)21-12-10-19(11-13-21)29-25-27-15-22(23-5-4-14-36-23)24(31-25)28-18(2)16-33/h4-15,18,33H,3,16H2,1-2H3,(H2,27,28,29,31)(H2,30,32,34,35)/t18-,37?/m1/s1. The zero-order valence-corrected chi connectivity index (χ0v) is 22.0. The number of aliphatic hydroxyl groups excluding tert-OH is 1. The van der Waals surface area contributed by atoms with Crippen LogP contribution in [0.15, 0.2) is 77.1 Å². The first-order chi connectivity index (χ1) is 17.7. The molecule has 9 nitrogen and oxygen atoms in total. The van der Waals surface area contributed by atoms with E-state index in [1.165, 1.54) is 0 Å². The predicted octanol–water partition coefficient (Wildman–Crippen LogP) is 4.86. The molecule has 2 atom stereocenters. The first-order valence-electron chi connectivity index (χ1n) is 11.4. The minimum absolute atomic E-state index is 0.0421. The van der Waals surface area contributed by atoms with Crippen molar-refractivity contribution in [1.82, 2.24) is 14.7 Å². The van der Waals surface area contributed by atoms with Crippen LogP contribution in [0.1, 0.15) is 12.5 Å². The van der Waals surface area contributed by atoms with E-state index in [1.54, 1.807) is 53.9 Å². The zero-order valence-electron chi connectivity index (χ0n) is 20.4. The number of aryl methyl sites for hydroxylation is 1. The fourth-order valence-corrected chi connectivity index (χ4v) is 5.11. The van der Waals surface area contributed by atoms with E-state index in [-0.39, 0.29) is 12.6 Å². The Morgan fingerprint density at radius 1 is 1.11 bits per heavy atom. The topological polar surface area (TPSA) is 128 Å². The highest BCUT2D eigenvalue weighted by Gasteiger charge is 2.14. The first-order valence-corrected chi connectivity index (χ1v) is 14.0. The summed E-state index contributed by atoms with van der Waals surface area (Å²) in [5.74, 6) is 4.67. The molecule has 0 radical (unpaired) electrons. The minimum Gasteiger partial charge on any atom is -0.394 e. The van der Waals surface area contributed by atoms with Gasteiger partial charge < -0.3 is 21.1 Å². The van der Waals surface area contributed by atoms with Gasteiger partial charge in [-0.15, -0.1) is 11.3 Å². The molecule has 0 bridgehead atoms. The maximum Gasteiger partial charge on any atom is 0.330 e. The van der Waals surface area contributed by atoms with Gasteiger partial charge in [-0.3, -0.25) is 4.72 Å². The molecule has 37 heavy (non-hydrogen) atoms. The Labute approximate surface area is 220 Å². The Morgan fingerprint density at radius 2 is 1.81 bits per heavy atom. The average molecular weight is 537 g/mol. The number of benzene rings is 2. The normalized spacial score (nSPS) is 13.3. The second-order valence-corrected chi connectivity index (χ2v) is 11.4. The van der Waals surface area contributed by atoms with Crippen molar-refractivity contribution in [3.05, 3.63) is 77.8 Å². The molecule has 2 aromatic heterocycles. The molecule has 0 aliphatic rings. The summed E-state index contributed by atoms with van der Waals surface area (Å²) in [4.78, 5) is 22.7.